The third kappa shape index (κ3) is 4.68. The maximum Gasteiger partial charge on any atom is 0.227 e. The third-order valence-electron chi connectivity index (χ3n) is 4.72. The molecule has 2 aliphatic heterocycles. The summed E-state index contributed by atoms with van der Waals surface area (Å²) in [6.07, 6.45) is 5.96. The van der Waals surface area contributed by atoms with Crippen LogP contribution in [-0.4, -0.2) is 48.7 Å². The first-order valence-corrected chi connectivity index (χ1v) is 8.57. The van der Waals surface area contributed by atoms with Gasteiger partial charge in [0.2, 0.25) is 5.91 Å². The molecule has 4 heteroatoms. The fraction of sp³-hybridized carbons (Fsp3) is 0.941. The Morgan fingerprint density at radius 2 is 1.86 bits per heavy atom. The molecule has 0 aromatic heterocycles. The van der Waals surface area contributed by atoms with E-state index in [4.69, 9.17) is 4.74 Å². The monoisotopic (exact) mass is 296 g/mol. The Morgan fingerprint density at radius 1 is 1.19 bits per heavy atom. The van der Waals surface area contributed by atoms with Gasteiger partial charge in [-0.3, -0.25) is 4.79 Å². The first-order valence-electron chi connectivity index (χ1n) is 8.57. The molecule has 4 nitrogen and oxygen atoms in total. The van der Waals surface area contributed by atoms with Gasteiger partial charge in [-0.2, -0.15) is 0 Å². The van der Waals surface area contributed by atoms with E-state index in [1.54, 1.807) is 0 Å². The maximum absolute atomic E-state index is 12.3. The van der Waals surface area contributed by atoms with E-state index in [2.05, 4.69) is 12.2 Å². The van der Waals surface area contributed by atoms with Crippen molar-refractivity contribution in [2.75, 3.05) is 19.7 Å². The lowest BCUT2D eigenvalue weighted by atomic mass is 9.92. The van der Waals surface area contributed by atoms with Crippen molar-refractivity contribution in [1.82, 2.24) is 10.2 Å². The molecular weight excluding hydrogens is 264 g/mol. The van der Waals surface area contributed by atoms with Gasteiger partial charge in [0.1, 0.15) is 0 Å². The topological polar surface area (TPSA) is 41.6 Å². The molecule has 0 saturated carbocycles. The van der Waals surface area contributed by atoms with Crippen molar-refractivity contribution in [1.29, 1.82) is 0 Å². The quantitative estimate of drug-likeness (QED) is 0.870. The Balaban J connectivity index is 1.75. The highest BCUT2D eigenvalue weighted by Gasteiger charge is 2.31. The third-order valence-corrected chi connectivity index (χ3v) is 4.72. The number of nitrogens with zero attached hydrogens (tertiary/aromatic N) is 1. The second-order valence-corrected chi connectivity index (χ2v) is 7.61. The summed E-state index contributed by atoms with van der Waals surface area (Å²) in [5, 5.41) is 3.80. The summed E-state index contributed by atoms with van der Waals surface area (Å²) in [4.78, 5) is 14.3. The fourth-order valence-corrected chi connectivity index (χ4v) is 3.37. The number of hydrogen-bond acceptors (Lipinski definition) is 3. The largest absolute Gasteiger partial charge is 0.378 e. The van der Waals surface area contributed by atoms with Crippen molar-refractivity contribution in [2.24, 2.45) is 5.41 Å². The van der Waals surface area contributed by atoms with Crippen molar-refractivity contribution in [3.8, 4) is 0 Å². The van der Waals surface area contributed by atoms with Gasteiger partial charge in [-0.1, -0.05) is 27.7 Å². The van der Waals surface area contributed by atoms with Gasteiger partial charge in [-0.25, -0.2) is 0 Å². The molecule has 0 aromatic rings. The Hall–Kier alpha value is -0.610. The Morgan fingerprint density at radius 3 is 2.43 bits per heavy atom. The number of piperidine rings is 1. The number of carbonyl (C=O) groups is 1. The molecule has 0 spiro atoms. The molecule has 2 heterocycles. The van der Waals surface area contributed by atoms with Crippen LogP contribution in [0.2, 0.25) is 0 Å². The molecule has 2 rings (SSSR count). The summed E-state index contributed by atoms with van der Waals surface area (Å²) in [5.74, 6) is 0.290. The highest BCUT2D eigenvalue weighted by Crippen LogP contribution is 2.22. The predicted octanol–water partition coefficient (Wildman–Crippen LogP) is 2.57. The summed E-state index contributed by atoms with van der Waals surface area (Å²) in [5.41, 5.74) is -0.255. The lowest BCUT2D eigenvalue weighted by Gasteiger charge is -2.38. The van der Waals surface area contributed by atoms with E-state index in [-0.39, 0.29) is 11.3 Å². The summed E-state index contributed by atoms with van der Waals surface area (Å²) < 4.78 is 5.74. The fourth-order valence-electron chi connectivity index (χ4n) is 3.37. The SMILES string of the molecule is CCC1CC(NC2CCN(C(=O)C(C)(C)C)CC2)CCO1. The number of hydrogen-bond donors (Lipinski definition) is 1. The highest BCUT2D eigenvalue weighted by atomic mass is 16.5. The van der Waals surface area contributed by atoms with Crippen molar-refractivity contribution in [2.45, 2.75) is 78.0 Å². The van der Waals surface area contributed by atoms with Crippen LogP contribution in [0.4, 0.5) is 0 Å². The van der Waals surface area contributed by atoms with Gasteiger partial charge in [0.05, 0.1) is 6.10 Å². The van der Waals surface area contributed by atoms with Gasteiger partial charge >= 0.3 is 0 Å². The first-order chi connectivity index (χ1) is 9.90. The molecule has 1 amide bonds. The summed E-state index contributed by atoms with van der Waals surface area (Å²) >= 11 is 0. The van der Waals surface area contributed by atoms with E-state index in [9.17, 15) is 4.79 Å². The van der Waals surface area contributed by atoms with Crippen LogP contribution in [0.1, 0.15) is 59.8 Å². The first kappa shape index (κ1) is 16.8. The molecule has 0 bridgehead atoms. The van der Waals surface area contributed by atoms with E-state index in [0.717, 1.165) is 51.8 Å². The average molecular weight is 296 g/mol. The molecule has 21 heavy (non-hydrogen) atoms. The molecule has 2 atom stereocenters. The number of ether oxygens (including phenoxy) is 1. The number of rotatable bonds is 3. The number of nitrogens with one attached hydrogen (secondary N) is 1. The van der Waals surface area contributed by atoms with Gasteiger partial charge in [0.15, 0.2) is 0 Å². The molecule has 2 aliphatic rings. The van der Waals surface area contributed by atoms with Gasteiger partial charge in [0.25, 0.3) is 0 Å². The molecular formula is C17H32N2O2. The smallest absolute Gasteiger partial charge is 0.227 e. The molecule has 0 radical (unpaired) electrons. The van der Waals surface area contributed by atoms with E-state index in [1.165, 1.54) is 0 Å². The number of carbonyl (C=O) groups excluding carboxylic acids is 1. The van der Waals surface area contributed by atoms with Gasteiger partial charge in [-0.05, 0) is 32.1 Å². The Bertz CT molecular complexity index is 343. The van der Waals surface area contributed by atoms with Crippen LogP contribution in [0.3, 0.4) is 0 Å². The molecule has 2 saturated heterocycles. The summed E-state index contributed by atoms with van der Waals surface area (Å²) in [7, 11) is 0. The van der Waals surface area contributed by atoms with Crippen molar-refractivity contribution in [3.63, 3.8) is 0 Å². The zero-order chi connectivity index (χ0) is 15.5. The Labute approximate surface area is 129 Å². The minimum Gasteiger partial charge on any atom is -0.378 e. The van der Waals surface area contributed by atoms with E-state index in [1.807, 2.05) is 25.7 Å². The Kier molecular flexibility index (Phi) is 5.67. The van der Waals surface area contributed by atoms with Crippen LogP contribution in [-0.2, 0) is 9.53 Å². The van der Waals surface area contributed by atoms with Crippen molar-refractivity contribution >= 4 is 5.91 Å². The minimum absolute atomic E-state index is 0.255. The van der Waals surface area contributed by atoms with E-state index < -0.39 is 0 Å². The second kappa shape index (κ2) is 7.10. The molecule has 0 aliphatic carbocycles. The maximum atomic E-state index is 12.3. The zero-order valence-corrected chi connectivity index (χ0v) is 14.2. The lowest BCUT2D eigenvalue weighted by molar-refractivity contribution is -0.140. The summed E-state index contributed by atoms with van der Waals surface area (Å²) in [6.45, 7) is 10.9. The van der Waals surface area contributed by atoms with Crippen LogP contribution in [0.15, 0.2) is 0 Å². The van der Waals surface area contributed by atoms with Crippen LogP contribution in [0.25, 0.3) is 0 Å². The predicted molar refractivity (Wildman–Crippen MR) is 85.2 cm³/mol. The molecule has 2 fully saturated rings. The van der Waals surface area contributed by atoms with Crippen LogP contribution >= 0.6 is 0 Å². The van der Waals surface area contributed by atoms with Crippen LogP contribution in [0, 0.1) is 5.41 Å². The lowest BCUT2D eigenvalue weighted by Crippen LogP contribution is -2.51. The van der Waals surface area contributed by atoms with Crippen molar-refractivity contribution in [3.05, 3.63) is 0 Å². The minimum atomic E-state index is -0.255. The molecule has 2 unspecified atom stereocenters. The molecule has 0 aromatic carbocycles. The van der Waals surface area contributed by atoms with E-state index >= 15 is 0 Å². The molecule has 122 valence electrons. The van der Waals surface area contributed by atoms with E-state index in [0.29, 0.717) is 18.2 Å². The highest BCUT2D eigenvalue weighted by molar-refractivity contribution is 5.81. The van der Waals surface area contributed by atoms with Crippen LogP contribution in [0.5, 0.6) is 0 Å². The van der Waals surface area contributed by atoms with Gasteiger partial charge in [-0.15, -0.1) is 0 Å². The zero-order valence-electron chi connectivity index (χ0n) is 14.2. The van der Waals surface area contributed by atoms with Crippen molar-refractivity contribution < 1.29 is 9.53 Å². The number of likely N-dealkylation sites (tertiary alicyclic amines) is 1. The number of amides is 1. The standard InChI is InChI=1S/C17H32N2O2/c1-5-15-12-14(8-11-21-15)18-13-6-9-19(10-7-13)16(20)17(2,3)4/h13-15,18H,5-12H2,1-4H3. The second-order valence-electron chi connectivity index (χ2n) is 7.61. The van der Waals surface area contributed by atoms with Gasteiger partial charge < -0.3 is 15.0 Å². The average Bonchev–Trinajstić information content (AvgIpc) is 2.46. The normalized spacial score (nSPS) is 28.7. The summed E-state index contributed by atoms with van der Waals surface area (Å²) in [6, 6.07) is 1.16. The van der Waals surface area contributed by atoms with Crippen LogP contribution < -0.4 is 5.32 Å². The molecule has 1 N–H and O–H groups in total. The van der Waals surface area contributed by atoms with Gasteiger partial charge in [0, 0.05) is 37.2 Å².